The molecule has 1 saturated heterocycles. The van der Waals surface area contributed by atoms with Crippen LogP contribution in [0.2, 0.25) is 0 Å². The maximum Gasteiger partial charge on any atom is 0.0966 e. The van der Waals surface area contributed by atoms with E-state index in [4.69, 9.17) is 15.9 Å². The summed E-state index contributed by atoms with van der Waals surface area (Å²) in [5.41, 5.74) is 5.57. The Labute approximate surface area is 98.6 Å². The van der Waals surface area contributed by atoms with Crippen LogP contribution in [0.4, 0.5) is 0 Å². The second kappa shape index (κ2) is 6.21. The number of hydrogen-bond acceptors (Lipinski definition) is 3. The molecule has 3 N–H and O–H groups in total. The van der Waals surface area contributed by atoms with E-state index in [2.05, 4.69) is 11.8 Å². The summed E-state index contributed by atoms with van der Waals surface area (Å²) >= 11 is 0. The van der Waals surface area contributed by atoms with Gasteiger partial charge in [-0.25, -0.2) is 0 Å². The molecule has 0 aromatic carbocycles. The van der Waals surface area contributed by atoms with Crippen molar-refractivity contribution in [3.63, 3.8) is 0 Å². The van der Waals surface area contributed by atoms with Crippen molar-refractivity contribution in [3.05, 3.63) is 0 Å². The summed E-state index contributed by atoms with van der Waals surface area (Å²) in [4.78, 5) is 2.45. The lowest BCUT2D eigenvalue weighted by molar-refractivity contribution is 0.115. The van der Waals surface area contributed by atoms with Gasteiger partial charge in [0.25, 0.3) is 0 Å². The number of hydrogen-bond donors (Lipinski definition) is 2. The van der Waals surface area contributed by atoms with Crippen LogP contribution in [0.15, 0.2) is 0 Å². The first kappa shape index (κ1) is 13.5. The second-order valence-electron chi connectivity index (χ2n) is 4.87. The number of nitrogens with two attached hydrogens (primary N) is 1. The number of nitrogens with zero attached hydrogens (tertiary/aromatic N) is 1. The third kappa shape index (κ3) is 3.76. The summed E-state index contributed by atoms with van der Waals surface area (Å²) in [5.74, 6) is 0.349. The molecule has 0 bridgehead atoms. The lowest BCUT2D eigenvalue weighted by atomic mass is 9.79. The van der Waals surface area contributed by atoms with Crippen molar-refractivity contribution in [1.29, 1.82) is 5.41 Å². The number of likely N-dealkylation sites (tertiary alicyclic amines) is 1. The van der Waals surface area contributed by atoms with Gasteiger partial charge in [-0.3, -0.25) is 5.41 Å². The van der Waals surface area contributed by atoms with Crippen LogP contribution in [-0.4, -0.2) is 43.6 Å². The van der Waals surface area contributed by atoms with Crippen LogP contribution in [-0.2, 0) is 4.74 Å². The molecule has 0 aromatic heterocycles. The van der Waals surface area contributed by atoms with Gasteiger partial charge in [0.1, 0.15) is 0 Å². The Kier molecular flexibility index (Phi) is 5.22. The van der Waals surface area contributed by atoms with E-state index in [9.17, 15) is 0 Å². The van der Waals surface area contributed by atoms with Crippen molar-refractivity contribution in [2.24, 2.45) is 11.1 Å². The molecule has 0 unspecified atom stereocenters. The molecule has 0 atom stereocenters. The van der Waals surface area contributed by atoms with Crippen LogP contribution in [0.5, 0.6) is 0 Å². The molecule has 0 spiro atoms. The van der Waals surface area contributed by atoms with Crippen molar-refractivity contribution < 1.29 is 4.74 Å². The molecular formula is C12H25N3O. The van der Waals surface area contributed by atoms with E-state index in [0.717, 1.165) is 52.1 Å². The molecule has 16 heavy (non-hydrogen) atoms. The molecule has 1 heterocycles. The topological polar surface area (TPSA) is 62.3 Å². The maximum absolute atomic E-state index is 7.58. The van der Waals surface area contributed by atoms with Crippen molar-refractivity contribution in [3.8, 4) is 0 Å². The minimum Gasteiger partial charge on any atom is -0.387 e. The Hall–Kier alpha value is -0.610. The van der Waals surface area contributed by atoms with Gasteiger partial charge in [0, 0.05) is 25.2 Å². The van der Waals surface area contributed by atoms with E-state index >= 15 is 0 Å². The standard InChI is InChI=1S/C12H25N3O/c1-3-16-10-4-7-15-8-5-12(2,6-9-15)11(13)14/h3-10H2,1-2H3,(H3,13,14). The number of rotatable bonds is 6. The highest BCUT2D eigenvalue weighted by Crippen LogP contribution is 2.30. The first-order valence-electron chi connectivity index (χ1n) is 6.23. The molecule has 1 aliphatic rings. The fraction of sp³-hybridized carbons (Fsp3) is 0.917. The molecule has 0 aromatic rings. The van der Waals surface area contributed by atoms with Crippen molar-refractivity contribution in [2.45, 2.75) is 33.1 Å². The van der Waals surface area contributed by atoms with E-state index in [-0.39, 0.29) is 5.41 Å². The minimum absolute atomic E-state index is 0.0591. The minimum atomic E-state index is -0.0591. The maximum atomic E-state index is 7.58. The Balaban J connectivity index is 2.19. The van der Waals surface area contributed by atoms with Crippen LogP contribution < -0.4 is 5.73 Å². The average molecular weight is 227 g/mol. The lowest BCUT2D eigenvalue weighted by Crippen LogP contribution is -2.45. The van der Waals surface area contributed by atoms with Gasteiger partial charge in [-0.2, -0.15) is 0 Å². The summed E-state index contributed by atoms with van der Waals surface area (Å²) < 4.78 is 5.32. The Morgan fingerprint density at radius 1 is 1.44 bits per heavy atom. The van der Waals surface area contributed by atoms with Crippen LogP contribution in [0.3, 0.4) is 0 Å². The Morgan fingerprint density at radius 2 is 2.06 bits per heavy atom. The van der Waals surface area contributed by atoms with Gasteiger partial charge in [0.2, 0.25) is 0 Å². The summed E-state index contributed by atoms with van der Waals surface area (Å²) in [6.45, 7) is 9.02. The average Bonchev–Trinajstić information content (AvgIpc) is 2.27. The van der Waals surface area contributed by atoms with E-state index in [1.807, 2.05) is 6.92 Å². The third-order valence-electron chi connectivity index (χ3n) is 3.58. The smallest absolute Gasteiger partial charge is 0.0966 e. The number of amidine groups is 1. The zero-order chi connectivity index (χ0) is 12.0. The van der Waals surface area contributed by atoms with Gasteiger partial charge in [0.05, 0.1) is 5.84 Å². The molecule has 94 valence electrons. The molecule has 0 amide bonds. The summed E-state index contributed by atoms with van der Waals surface area (Å²) in [5, 5.41) is 7.58. The fourth-order valence-electron chi connectivity index (χ4n) is 2.07. The van der Waals surface area contributed by atoms with Crippen LogP contribution in [0.25, 0.3) is 0 Å². The van der Waals surface area contributed by atoms with Gasteiger partial charge in [-0.05, 0) is 39.3 Å². The fourth-order valence-corrected chi connectivity index (χ4v) is 2.07. The quantitative estimate of drug-likeness (QED) is 0.410. The first-order chi connectivity index (χ1) is 7.58. The predicted molar refractivity (Wildman–Crippen MR) is 66.8 cm³/mol. The van der Waals surface area contributed by atoms with Crippen molar-refractivity contribution >= 4 is 5.84 Å². The highest BCUT2D eigenvalue weighted by atomic mass is 16.5. The van der Waals surface area contributed by atoms with Gasteiger partial charge >= 0.3 is 0 Å². The second-order valence-corrected chi connectivity index (χ2v) is 4.87. The normalized spacial score (nSPS) is 20.9. The molecular weight excluding hydrogens is 202 g/mol. The molecule has 4 nitrogen and oxygen atoms in total. The molecule has 1 aliphatic heterocycles. The summed E-state index contributed by atoms with van der Waals surface area (Å²) in [6.07, 6.45) is 3.12. The number of nitrogens with one attached hydrogen (secondary N) is 1. The first-order valence-corrected chi connectivity index (χ1v) is 6.23. The van der Waals surface area contributed by atoms with Gasteiger partial charge in [-0.15, -0.1) is 0 Å². The molecule has 0 saturated carbocycles. The van der Waals surface area contributed by atoms with Crippen LogP contribution in [0.1, 0.15) is 33.1 Å². The Morgan fingerprint density at radius 3 is 2.56 bits per heavy atom. The number of ether oxygens (including phenoxy) is 1. The zero-order valence-corrected chi connectivity index (χ0v) is 10.6. The van der Waals surface area contributed by atoms with Crippen molar-refractivity contribution in [1.82, 2.24) is 4.90 Å². The van der Waals surface area contributed by atoms with Gasteiger partial charge in [0.15, 0.2) is 0 Å². The van der Waals surface area contributed by atoms with Crippen LogP contribution in [0, 0.1) is 10.8 Å². The monoisotopic (exact) mass is 227 g/mol. The zero-order valence-electron chi connectivity index (χ0n) is 10.6. The largest absolute Gasteiger partial charge is 0.387 e. The number of piperidine rings is 1. The predicted octanol–water partition coefficient (Wildman–Crippen LogP) is 1.45. The van der Waals surface area contributed by atoms with E-state index in [1.54, 1.807) is 0 Å². The van der Waals surface area contributed by atoms with Gasteiger partial charge in [-0.1, -0.05) is 6.92 Å². The van der Waals surface area contributed by atoms with Gasteiger partial charge < -0.3 is 15.4 Å². The molecule has 0 radical (unpaired) electrons. The molecule has 1 rings (SSSR count). The summed E-state index contributed by atoms with van der Waals surface area (Å²) in [6, 6.07) is 0. The third-order valence-corrected chi connectivity index (χ3v) is 3.58. The highest BCUT2D eigenvalue weighted by Gasteiger charge is 2.32. The van der Waals surface area contributed by atoms with Crippen molar-refractivity contribution in [2.75, 3.05) is 32.8 Å². The summed E-state index contributed by atoms with van der Waals surface area (Å²) in [7, 11) is 0. The van der Waals surface area contributed by atoms with E-state index in [1.165, 1.54) is 0 Å². The molecule has 1 fully saturated rings. The SMILES string of the molecule is CCOCCCN1CCC(C)(C(=N)N)CC1. The lowest BCUT2D eigenvalue weighted by Gasteiger charge is -2.38. The van der Waals surface area contributed by atoms with E-state index < -0.39 is 0 Å². The van der Waals surface area contributed by atoms with E-state index in [0.29, 0.717) is 5.84 Å². The molecule has 4 heteroatoms. The Bertz CT molecular complexity index is 222. The highest BCUT2D eigenvalue weighted by molar-refractivity contribution is 5.83. The molecule has 0 aliphatic carbocycles. The van der Waals surface area contributed by atoms with Crippen LogP contribution >= 0.6 is 0 Å².